The Kier molecular flexibility index (Phi) is 10.8. The highest BCUT2D eigenvalue weighted by Gasteiger charge is 2.29. The fraction of sp³-hybridized carbons (Fsp3) is 0.294. The van der Waals surface area contributed by atoms with E-state index in [0.29, 0.717) is 65.8 Å². The van der Waals surface area contributed by atoms with Gasteiger partial charge in [0.1, 0.15) is 17.2 Å². The number of imidazole rings is 1. The number of nitrogens with zero attached hydrogens (tertiary/aromatic N) is 5. The number of ether oxygens (including phenoxy) is 1. The van der Waals surface area contributed by atoms with Crippen molar-refractivity contribution >= 4 is 39.9 Å². The van der Waals surface area contributed by atoms with E-state index in [1.165, 1.54) is 18.3 Å². The van der Waals surface area contributed by atoms with E-state index >= 15 is 0 Å². The fourth-order valence-electron chi connectivity index (χ4n) is 4.98. The summed E-state index contributed by atoms with van der Waals surface area (Å²) in [5, 5.41) is 16.1. The molecule has 12 nitrogen and oxygen atoms in total. The van der Waals surface area contributed by atoms with Crippen LogP contribution in [0.25, 0.3) is 33.6 Å². The van der Waals surface area contributed by atoms with Crippen molar-refractivity contribution in [3.05, 3.63) is 73.4 Å². The van der Waals surface area contributed by atoms with Gasteiger partial charge in [0.15, 0.2) is 6.61 Å². The van der Waals surface area contributed by atoms with Gasteiger partial charge in [-0.05, 0) is 50.9 Å². The molecule has 0 aliphatic heterocycles. The second-order valence-electron chi connectivity index (χ2n) is 11.5. The number of nitrogens with one attached hydrogen (secondary N) is 3. The van der Waals surface area contributed by atoms with Crippen LogP contribution in [-0.4, -0.2) is 89.5 Å². The molecular weight excluding hydrogens is 641 g/mol. The molecule has 5 rings (SSSR count). The molecule has 0 unspecified atom stereocenters. The van der Waals surface area contributed by atoms with Gasteiger partial charge in [-0.2, -0.15) is 13.2 Å². The van der Waals surface area contributed by atoms with Crippen LogP contribution in [0.1, 0.15) is 12.2 Å². The number of carbonyl (C=O) groups excluding carboxylic acids is 1. The molecular formula is C34H37F3N8O4. The van der Waals surface area contributed by atoms with Crippen molar-refractivity contribution in [3.63, 3.8) is 0 Å². The van der Waals surface area contributed by atoms with E-state index in [4.69, 9.17) is 14.1 Å². The lowest BCUT2D eigenvalue weighted by Crippen LogP contribution is -2.29. The molecule has 4 N–H and O–H groups in total. The first-order valence-corrected chi connectivity index (χ1v) is 15.4. The Hall–Kier alpha value is -5.41. The Morgan fingerprint density at radius 1 is 1.10 bits per heavy atom. The number of anilines is 4. The molecule has 0 atom stereocenters. The molecule has 5 aromatic rings. The quantitative estimate of drug-likeness (QED) is 0.0972. The van der Waals surface area contributed by atoms with Crippen molar-refractivity contribution in [3.8, 4) is 28.4 Å². The SMILES string of the molecule is C=CC(=O)Nc1cc(Nc2nccc(-c3[nH]c(CCCO)nc3-c3ccc4ccoc4c3)n2)c(OCC(F)(F)F)cc1N(C)CCN(C)C. The molecule has 15 heteroatoms. The molecule has 0 radical (unpaired) electrons. The summed E-state index contributed by atoms with van der Waals surface area (Å²) in [6.07, 6.45) is 0.563. The number of fused-ring (bicyclic) bond motifs is 1. The summed E-state index contributed by atoms with van der Waals surface area (Å²) >= 11 is 0. The number of aliphatic hydroxyl groups excluding tert-OH is 1. The van der Waals surface area contributed by atoms with E-state index in [2.05, 4.69) is 32.2 Å². The maximum Gasteiger partial charge on any atom is 0.422 e. The topological polar surface area (TPSA) is 145 Å². The number of aryl methyl sites for hydroxylation is 1. The molecule has 0 aliphatic rings. The Morgan fingerprint density at radius 2 is 1.92 bits per heavy atom. The summed E-state index contributed by atoms with van der Waals surface area (Å²) in [5.41, 5.74) is 3.85. The predicted octanol–water partition coefficient (Wildman–Crippen LogP) is 6.01. The monoisotopic (exact) mass is 678 g/mol. The number of alkyl halides is 3. The van der Waals surface area contributed by atoms with Crippen molar-refractivity contribution in [1.82, 2.24) is 24.8 Å². The highest BCUT2D eigenvalue weighted by molar-refractivity contribution is 6.02. The summed E-state index contributed by atoms with van der Waals surface area (Å²) in [6, 6.07) is 12.1. The number of hydrogen-bond acceptors (Lipinski definition) is 10. The summed E-state index contributed by atoms with van der Waals surface area (Å²) < 4.78 is 50.9. The highest BCUT2D eigenvalue weighted by Crippen LogP contribution is 2.39. The number of carbonyl (C=O) groups is 1. The number of aliphatic hydroxyl groups is 1. The molecule has 0 spiro atoms. The summed E-state index contributed by atoms with van der Waals surface area (Å²) in [7, 11) is 5.55. The van der Waals surface area contributed by atoms with Gasteiger partial charge in [-0.25, -0.2) is 15.0 Å². The normalized spacial score (nSPS) is 11.6. The van der Waals surface area contributed by atoms with E-state index in [1.807, 2.05) is 43.3 Å². The van der Waals surface area contributed by atoms with Gasteiger partial charge in [-0.15, -0.1) is 0 Å². The number of likely N-dealkylation sites (N-methyl/N-ethyl adjacent to an activating group) is 2. The maximum absolute atomic E-state index is 13.3. The Bertz CT molecular complexity index is 1920. The average molecular weight is 679 g/mol. The number of hydrogen-bond donors (Lipinski definition) is 4. The number of benzene rings is 2. The van der Waals surface area contributed by atoms with Gasteiger partial charge < -0.3 is 39.7 Å². The molecule has 0 fully saturated rings. The van der Waals surface area contributed by atoms with Gasteiger partial charge in [-0.3, -0.25) is 4.79 Å². The van der Waals surface area contributed by atoms with E-state index in [1.54, 1.807) is 24.3 Å². The van der Waals surface area contributed by atoms with Crippen LogP contribution >= 0.6 is 0 Å². The van der Waals surface area contributed by atoms with Gasteiger partial charge in [0, 0.05) is 56.4 Å². The van der Waals surface area contributed by atoms with E-state index in [9.17, 15) is 23.1 Å². The van der Waals surface area contributed by atoms with Gasteiger partial charge in [0.05, 0.1) is 40.4 Å². The molecule has 3 aromatic heterocycles. The van der Waals surface area contributed by atoms with Gasteiger partial charge in [0.25, 0.3) is 0 Å². The number of aromatic nitrogens is 4. The summed E-state index contributed by atoms with van der Waals surface area (Å²) in [6.45, 7) is 3.09. The highest BCUT2D eigenvalue weighted by atomic mass is 19.4. The number of aromatic amines is 1. The summed E-state index contributed by atoms with van der Waals surface area (Å²) in [5.74, 6) is 0.0379. The zero-order chi connectivity index (χ0) is 35.1. The van der Waals surface area contributed by atoms with Gasteiger partial charge in [-0.1, -0.05) is 18.7 Å². The fourth-order valence-corrected chi connectivity index (χ4v) is 4.98. The molecule has 0 saturated carbocycles. The van der Waals surface area contributed by atoms with E-state index in [0.717, 1.165) is 17.0 Å². The maximum atomic E-state index is 13.3. The standard InChI is InChI=1S/C34H37F3N8O4/c1-5-30(47)39-24-18-25(28(49-20-34(35,36)37)19-26(24)45(4)14-13-44(2)3)41-33-38-12-10-23(40-33)32-31(42-29(43-32)7-6-15-46)22-9-8-21-11-16-48-27(21)17-22/h5,8-12,16-19,46H,1,6-7,13-15,20H2,2-4H3,(H,39,47)(H,42,43)(H,38,40,41). The minimum absolute atomic E-state index is 0.0104. The molecule has 0 aliphatic carbocycles. The smallest absolute Gasteiger partial charge is 0.422 e. The van der Waals surface area contributed by atoms with Crippen LogP contribution in [0.3, 0.4) is 0 Å². The van der Waals surface area contributed by atoms with Crippen LogP contribution in [0.5, 0.6) is 5.75 Å². The van der Waals surface area contributed by atoms with Gasteiger partial charge >= 0.3 is 6.18 Å². The molecule has 258 valence electrons. The van der Waals surface area contributed by atoms with Crippen molar-refractivity contribution in [1.29, 1.82) is 0 Å². The van der Waals surface area contributed by atoms with Crippen LogP contribution < -0.4 is 20.3 Å². The Labute approximate surface area is 280 Å². The largest absolute Gasteiger partial charge is 0.482 e. The zero-order valence-corrected chi connectivity index (χ0v) is 27.3. The number of rotatable bonds is 15. The van der Waals surface area contributed by atoms with Crippen molar-refractivity contribution < 1.29 is 32.2 Å². The van der Waals surface area contributed by atoms with Crippen LogP contribution in [0.15, 0.2) is 72.0 Å². The van der Waals surface area contributed by atoms with Crippen LogP contribution in [0, 0.1) is 0 Å². The second kappa shape index (κ2) is 15.2. The van der Waals surface area contributed by atoms with Crippen molar-refractivity contribution in [2.75, 3.05) is 63.0 Å². The summed E-state index contributed by atoms with van der Waals surface area (Å²) in [4.78, 5) is 33.2. The lowest BCUT2D eigenvalue weighted by molar-refractivity contribution is -0.153. The van der Waals surface area contributed by atoms with E-state index < -0.39 is 18.7 Å². The third-order valence-electron chi connectivity index (χ3n) is 7.44. The molecule has 49 heavy (non-hydrogen) atoms. The molecule has 0 bridgehead atoms. The zero-order valence-electron chi connectivity index (χ0n) is 27.3. The number of furan rings is 1. The second-order valence-corrected chi connectivity index (χ2v) is 11.5. The van der Waals surface area contributed by atoms with E-state index in [-0.39, 0.29) is 24.0 Å². The lowest BCUT2D eigenvalue weighted by atomic mass is 10.1. The van der Waals surface area contributed by atoms with Crippen LogP contribution in [-0.2, 0) is 11.2 Å². The molecule has 3 heterocycles. The predicted molar refractivity (Wildman–Crippen MR) is 182 cm³/mol. The first-order valence-electron chi connectivity index (χ1n) is 15.4. The van der Waals surface area contributed by atoms with Crippen LogP contribution in [0.2, 0.25) is 0 Å². The number of amides is 1. The first-order chi connectivity index (χ1) is 23.4. The van der Waals surface area contributed by atoms with Crippen LogP contribution in [0.4, 0.5) is 36.2 Å². The third-order valence-corrected chi connectivity index (χ3v) is 7.44. The molecule has 0 saturated heterocycles. The number of H-pyrrole nitrogens is 1. The lowest BCUT2D eigenvalue weighted by Gasteiger charge is -2.26. The average Bonchev–Trinajstić information content (AvgIpc) is 3.72. The number of halogens is 3. The first kappa shape index (κ1) is 34.9. The Morgan fingerprint density at radius 3 is 2.65 bits per heavy atom. The van der Waals surface area contributed by atoms with Crippen molar-refractivity contribution in [2.24, 2.45) is 0 Å². The molecule has 1 amide bonds. The molecule has 2 aromatic carbocycles. The third kappa shape index (κ3) is 8.94. The Balaban J connectivity index is 1.56. The minimum Gasteiger partial charge on any atom is -0.482 e. The minimum atomic E-state index is -4.61. The van der Waals surface area contributed by atoms with Gasteiger partial charge in [0.2, 0.25) is 11.9 Å². The van der Waals surface area contributed by atoms with Crippen molar-refractivity contribution in [2.45, 2.75) is 19.0 Å².